The molecule has 3 aromatic rings. The minimum Gasteiger partial charge on any atom is -0.368 e. The third-order valence-corrected chi connectivity index (χ3v) is 7.25. The first kappa shape index (κ1) is 22.4. The van der Waals surface area contributed by atoms with Crippen molar-refractivity contribution >= 4 is 28.6 Å². The Kier molecular flexibility index (Phi) is 5.98. The molecule has 0 unspecified atom stereocenters. The lowest BCUT2D eigenvalue weighted by Crippen LogP contribution is -2.52. The van der Waals surface area contributed by atoms with Crippen molar-refractivity contribution in [2.24, 2.45) is 13.0 Å². The number of hydrogen-bond acceptors (Lipinski definition) is 6. The van der Waals surface area contributed by atoms with Gasteiger partial charge in [-0.1, -0.05) is 12.1 Å². The van der Waals surface area contributed by atoms with E-state index in [9.17, 15) is 9.59 Å². The molecule has 5 rings (SSSR count). The fraction of sp³-hybridized carbons (Fsp3) is 0.462. The van der Waals surface area contributed by atoms with E-state index >= 15 is 0 Å². The molecule has 1 amide bonds. The largest absolute Gasteiger partial charge is 0.368 e. The van der Waals surface area contributed by atoms with Crippen LogP contribution in [0.15, 0.2) is 41.3 Å². The molecule has 2 fully saturated rings. The van der Waals surface area contributed by atoms with Crippen LogP contribution in [0.3, 0.4) is 0 Å². The number of fused-ring (bicyclic) bond motifs is 1. The molecule has 0 radical (unpaired) electrons. The first-order valence-electron chi connectivity index (χ1n) is 12.1. The maximum absolute atomic E-state index is 13.3. The van der Waals surface area contributed by atoms with Gasteiger partial charge >= 0.3 is 0 Å². The van der Waals surface area contributed by atoms with Gasteiger partial charge in [-0.2, -0.15) is 0 Å². The lowest BCUT2D eigenvalue weighted by atomic mass is 9.95. The van der Waals surface area contributed by atoms with Crippen LogP contribution in [0.25, 0.3) is 11.2 Å². The number of carbonyl (C=O) groups excluding carboxylic acids is 1. The van der Waals surface area contributed by atoms with Crippen molar-refractivity contribution in [2.75, 3.05) is 49.1 Å². The van der Waals surface area contributed by atoms with Gasteiger partial charge in [-0.3, -0.25) is 14.2 Å². The third-order valence-electron chi connectivity index (χ3n) is 7.25. The van der Waals surface area contributed by atoms with E-state index in [1.165, 1.54) is 16.8 Å². The molecule has 0 aliphatic carbocycles. The molecule has 0 N–H and O–H groups in total. The van der Waals surface area contributed by atoms with Crippen LogP contribution in [0.1, 0.15) is 24.0 Å². The molecule has 0 bridgehead atoms. The van der Waals surface area contributed by atoms with Gasteiger partial charge < -0.3 is 14.7 Å². The fourth-order valence-corrected chi connectivity index (χ4v) is 5.17. The summed E-state index contributed by atoms with van der Waals surface area (Å²) in [6.07, 6.45) is 3.15. The Balaban J connectivity index is 1.21. The van der Waals surface area contributed by atoms with Gasteiger partial charge in [-0.15, -0.1) is 0 Å². The minimum absolute atomic E-state index is 0.00878. The molecule has 2 saturated heterocycles. The summed E-state index contributed by atoms with van der Waals surface area (Å²) in [6.45, 7) is 8.82. The summed E-state index contributed by atoms with van der Waals surface area (Å²) in [4.78, 5) is 41.5. The van der Waals surface area contributed by atoms with E-state index in [2.05, 4.69) is 46.9 Å². The molecule has 0 spiro atoms. The fourth-order valence-electron chi connectivity index (χ4n) is 5.17. The zero-order valence-corrected chi connectivity index (χ0v) is 20.2. The van der Waals surface area contributed by atoms with Crippen LogP contribution >= 0.6 is 0 Å². The number of pyridine rings is 1. The van der Waals surface area contributed by atoms with Crippen molar-refractivity contribution < 1.29 is 4.79 Å². The second-order valence-electron chi connectivity index (χ2n) is 9.51. The lowest BCUT2D eigenvalue weighted by Gasteiger charge is -2.40. The van der Waals surface area contributed by atoms with Crippen molar-refractivity contribution in [3.05, 3.63) is 58.0 Å². The second-order valence-corrected chi connectivity index (χ2v) is 9.51. The number of anilines is 2. The Morgan fingerprint density at radius 2 is 1.71 bits per heavy atom. The maximum atomic E-state index is 13.3. The first-order chi connectivity index (χ1) is 16.4. The van der Waals surface area contributed by atoms with Crippen LogP contribution < -0.4 is 15.4 Å². The summed E-state index contributed by atoms with van der Waals surface area (Å²) in [6, 6.07) is 10.3. The highest BCUT2D eigenvalue weighted by molar-refractivity contribution is 5.79. The highest BCUT2D eigenvalue weighted by Crippen LogP contribution is 2.26. The van der Waals surface area contributed by atoms with Gasteiger partial charge in [0, 0.05) is 64.1 Å². The smallest absolute Gasteiger partial charge is 0.294 e. The van der Waals surface area contributed by atoms with Crippen LogP contribution in [0.2, 0.25) is 0 Å². The van der Waals surface area contributed by atoms with Gasteiger partial charge in [-0.05, 0) is 56.0 Å². The minimum atomic E-state index is -0.140. The molecule has 0 saturated carbocycles. The van der Waals surface area contributed by atoms with E-state index in [-0.39, 0.29) is 17.4 Å². The summed E-state index contributed by atoms with van der Waals surface area (Å²) < 4.78 is 1.56. The van der Waals surface area contributed by atoms with Gasteiger partial charge in [0.05, 0.1) is 0 Å². The van der Waals surface area contributed by atoms with Gasteiger partial charge in [-0.25, -0.2) is 9.97 Å². The molecule has 2 aliphatic heterocycles. The summed E-state index contributed by atoms with van der Waals surface area (Å²) in [5.41, 5.74) is 4.97. The molecule has 0 atom stereocenters. The SMILES string of the molecule is Cc1ccc(C)c(N2CCN(C(=O)C3CCN(c4nc5cccnc5n(C)c4=O)CC3)CC2)c1. The van der Waals surface area contributed by atoms with Gasteiger partial charge in [0.1, 0.15) is 5.52 Å². The molecule has 2 aromatic heterocycles. The van der Waals surface area contributed by atoms with Crippen molar-refractivity contribution in [3.63, 3.8) is 0 Å². The van der Waals surface area contributed by atoms with Crippen molar-refractivity contribution in [1.29, 1.82) is 0 Å². The van der Waals surface area contributed by atoms with Gasteiger partial charge in [0.2, 0.25) is 5.91 Å². The number of carbonyl (C=O) groups is 1. The molecule has 34 heavy (non-hydrogen) atoms. The molecule has 8 nitrogen and oxygen atoms in total. The Labute approximate surface area is 199 Å². The number of nitrogens with zero attached hydrogens (tertiary/aromatic N) is 6. The van der Waals surface area contributed by atoms with Crippen LogP contribution in [0.5, 0.6) is 0 Å². The van der Waals surface area contributed by atoms with E-state index in [4.69, 9.17) is 0 Å². The normalized spacial score (nSPS) is 17.4. The summed E-state index contributed by atoms with van der Waals surface area (Å²) in [5.74, 6) is 0.717. The van der Waals surface area contributed by atoms with Crippen LogP contribution in [-0.4, -0.2) is 64.6 Å². The molecule has 2 aliphatic rings. The summed E-state index contributed by atoms with van der Waals surface area (Å²) in [7, 11) is 1.73. The Morgan fingerprint density at radius 3 is 2.44 bits per heavy atom. The Hall–Kier alpha value is -3.42. The number of rotatable bonds is 3. The van der Waals surface area contributed by atoms with Crippen molar-refractivity contribution in [2.45, 2.75) is 26.7 Å². The molecule has 4 heterocycles. The first-order valence-corrected chi connectivity index (χ1v) is 12.1. The standard InChI is InChI=1S/C26H32N6O2/c1-18-6-7-19(2)22(17-18)30-13-15-32(16-14-30)25(33)20-8-11-31(12-9-20)24-26(34)29(3)23-21(28-24)5-4-10-27-23/h4-7,10,17,20H,8-9,11-16H2,1-3H3. The predicted octanol–water partition coefficient (Wildman–Crippen LogP) is 2.51. The van der Waals surface area contributed by atoms with E-state index in [1.54, 1.807) is 17.8 Å². The highest BCUT2D eigenvalue weighted by atomic mass is 16.2. The van der Waals surface area contributed by atoms with E-state index in [1.807, 2.05) is 21.9 Å². The maximum Gasteiger partial charge on any atom is 0.294 e. The number of piperidine rings is 1. The number of aryl methyl sites for hydroxylation is 3. The number of hydrogen-bond donors (Lipinski definition) is 0. The van der Waals surface area contributed by atoms with Crippen molar-refractivity contribution in [3.8, 4) is 0 Å². The summed E-state index contributed by atoms with van der Waals surface area (Å²) in [5, 5.41) is 0. The molecular formula is C26H32N6O2. The zero-order chi connectivity index (χ0) is 23.8. The third kappa shape index (κ3) is 4.13. The average molecular weight is 461 g/mol. The van der Waals surface area contributed by atoms with Crippen molar-refractivity contribution in [1.82, 2.24) is 19.4 Å². The topological polar surface area (TPSA) is 74.6 Å². The highest BCUT2D eigenvalue weighted by Gasteiger charge is 2.32. The monoisotopic (exact) mass is 460 g/mol. The Morgan fingerprint density at radius 1 is 0.971 bits per heavy atom. The number of benzene rings is 1. The lowest BCUT2D eigenvalue weighted by molar-refractivity contribution is -0.136. The predicted molar refractivity (Wildman–Crippen MR) is 134 cm³/mol. The van der Waals surface area contributed by atoms with Crippen LogP contribution in [0, 0.1) is 19.8 Å². The molecule has 1 aromatic carbocycles. The number of piperazine rings is 1. The zero-order valence-electron chi connectivity index (χ0n) is 20.2. The van der Waals surface area contributed by atoms with Crippen LogP contribution in [0.4, 0.5) is 11.5 Å². The second kappa shape index (κ2) is 9.08. The molecule has 178 valence electrons. The van der Waals surface area contributed by atoms with Gasteiger partial charge in [0.15, 0.2) is 11.5 Å². The quantitative estimate of drug-likeness (QED) is 0.598. The Bertz CT molecular complexity index is 1270. The van der Waals surface area contributed by atoms with E-state index < -0.39 is 0 Å². The van der Waals surface area contributed by atoms with E-state index in [0.717, 1.165) is 39.0 Å². The van der Waals surface area contributed by atoms with Crippen LogP contribution in [-0.2, 0) is 11.8 Å². The molecule has 8 heteroatoms. The summed E-state index contributed by atoms with van der Waals surface area (Å²) >= 11 is 0. The van der Waals surface area contributed by atoms with E-state index in [0.29, 0.717) is 30.1 Å². The van der Waals surface area contributed by atoms with Gasteiger partial charge in [0.25, 0.3) is 5.56 Å². The number of amides is 1. The molecular weight excluding hydrogens is 428 g/mol. The number of aromatic nitrogens is 3. The average Bonchev–Trinajstić information content (AvgIpc) is 2.87.